The predicted octanol–water partition coefficient (Wildman–Crippen LogP) is 2.48. The van der Waals surface area contributed by atoms with Crippen molar-refractivity contribution in [1.29, 1.82) is 0 Å². The Morgan fingerprint density at radius 2 is 1.79 bits per heavy atom. The number of hydrogen-bond donors (Lipinski definition) is 1. The van der Waals surface area contributed by atoms with Crippen LogP contribution in [0.5, 0.6) is 11.5 Å². The van der Waals surface area contributed by atoms with Gasteiger partial charge in [0.15, 0.2) is 0 Å². The zero-order valence-electron chi connectivity index (χ0n) is 17.2. The van der Waals surface area contributed by atoms with Gasteiger partial charge in [-0.15, -0.1) is 0 Å². The molecular weight excluding hydrogens is 366 g/mol. The fraction of sp³-hybridized carbons (Fsp3) is 0.435. The smallest absolute Gasteiger partial charge is 0.255 e. The zero-order valence-corrected chi connectivity index (χ0v) is 17.2. The lowest BCUT2D eigenvalue weighted by molar-refractivity contribution is 0.0766. The lowest BCUT2D eigenvalue weighted by Gasteiger charge is -2.32. The normalized spacial score (nSPS) is 17.6. The topological polar surface area (TPSA) is 56.2 Å². The molecule has 4 rings (SSSR count). The Bertz CT molecular complexity index is 874. The number of ether oxygens (including phenoxy) is 1. The Kier molecular flexibility index (Phi) is 5.74. The molecule has 1 amide bonds. The van der Waals surface area contributed by atoms with Crippen LogP contribution in [0.25, 0.3) is 0 Å². The number of nitrogens with zero attached hydrogens (tertiary/aromatic N) is 3. The predicted molar refractivity (Wildman–Crippen MR) is 112 cm³/mol. The van der Waals surface area contributed by atoms with Gasteiger partial charge in [-0.25, -0.2) is 0 Å². The molecule has 29 heavy (non-hydrogen) atoms. The second-order valence-corrected chi connectivity index (χ2v) is 8.10. The van der Waals surface area contributed by atoms with E-state index in [9.17, 15) is 9.90 Å². The Hall–Kier alpha value is -2.57. The molecule has 6 nitrogen and oxygen atoms in total. The van der Waals surface area contributed by atoms with Crippen molar-refractivity contribution in [2.24, 2.45) is 0 Å². The fourth-order valence-electron chi connectivity index (χ4n) is 4.09. The first-order chi connectivity index (χ1) is 14.0. The third-order valence-corrected chi connectivity index (χ3v) is 5.83. The average Bonchev–Trinajstić information content (AvgIpc) is 3.01. The van der Waals surface area contributed by atoms with E-state index < -0.39 is 0 Å². The molecule has 0 saturated carbocycles. The van der Waals surface area contributed by atoms with Crippen LogP contribution in [0.4, 0.5) is 0 Å². The number of carbonyl (C=O) groups excluding carboxylic acids is 1. The second kappa shape index (κ2) is 8.43. The molecule has 0 aliphatic carbocycles. The minimum Gasteiger partial charge on any atom is -0.508 e. The molecule has 2 aromatic carbocycles. The second-order valence-electron chi connectivity index (χ2n) is 8.10. The van der Waals surface area contributed by atoms with Crippen molar-refractivity contribution in [1.82, 2.24) is 14.7 Å². The number of rotatable bonds is 6. The van der Waals surface area contributed by atoms with Crippen molar-refractivity contribution >= 4 is 5.91 Å². The maximum Gasteiger partial charge on any atom is 0.255 e. The number of likely N-dealkylation sites (N-methyl/N-ethyl adjacent to an activating group) is 1. The maximum absolute atomic E-state index is 12.9. The van der Waals surface area contributed by atoms with E-state index in [2.05, 4.69) is 16.8 Å². The first kappa shape index (κ1) is 19.7. The minimum atomic E-state index is 0.0644. The first-order valence-corrected chi connectivity index (χ1v) is 10.2. The molecule has 0 aromatic heterocycles. The first-order valence-electron chi connectivity index (χ1n) is 10.2. The summed E-state index contributed by atoms with van der Waals surface area (Å²) in [7, 11) is 2.16. The van der Waals surface area contributed by atoms with E-state index in [1.807, 2.05) is 36.1 Å². The molecule has 0 atom stereocenters. The third kappa shape index (κ3) is 4.54. The van der Waals surface area contributed by atoms with Gasteiger partial charge in [0.05, 0.1) is 0 Å². The average molecular weight is 396 g/mol. The maximum atomic E-state index is 12.9. The summed E-state index contributed by atoms with van der Waals surface area (Å²) in [5.74, 6) is 1.14. The molecule has 2 aliphatic heterocycles. The van der Waals surface area contributed by atoms with E-state index >= 15 is 0 Å². The van der Waals surface area contributed by atoms with Crippen LogP contribution >= 0.6 is 0 Å². The van der Waals surface area contributed by atoms with Crippen LogP contribution < -0.4 is 4.74 Å². The summed E-state index contributed by atoms with van der Waals surface area (Å²) in [6, 6.07) is 11.0. The highest BCUT2D eigenvalue weighted by Crippen LogP contribution is 2.31. The lowest BCUT2D eigenvalue weighted by atomic mass is 10.0. The largest absolute Gasteiger partial charge is 0.508 e. The monoisotopic (exact) mass is 395 g/mol. The number of fused-ring (bicyclic) bond motifs is 1. The zero-order chi connectivity index (χ0) is 20.4. The van der Waals surface area contributed by atoms with Crippen molar-refractivity contribution in [3.8, 4) is 11.5 Å². The lowest BCUT2D eigenvalue weighted by Crippen LogP contribution is -2.45. The van der Waals surface area contributed by atoms with Crippen LogP contribution in [0.1, 0.15) is 27.0 Å². The molecule has 1 N–H and O–H groups in total. The number of aromatic hydroxyl groups is 1. The van der Waals surface area contributed by atoms with Crippen molar-refractivity contribution in [2.75, 3.05) is 46.4 Å². The number of aryl methyl sites for hydroxylation is 1. The fourth-order valence-corrected chi connectivity index (χ4v) is 4.09. The molecule has 1 fully saturated rings. The van der Waals surface area contributed by atoms with Gasteiger partial charge in [0.25, 0.3) is 5.91 Å². The molecular formula is C23H29N3O3. The number of phenols is 1. The summed E-state index contributed by atoms with van der Waals surface area (Å²) in [5.41, 5.74) is 3.80. The van der Waals surface area contributed by atoms with Gasteiger partial charge in [-0.1, -0.05) is 12.1 Å². The molecule has 2 aromatic rings. The van der Waals surface area contributed by atoms with Gasteiger partial charge >= 0.3 is 0 Å². The molecule has 2 heterocycles. The van der Waals surface area contributed by atoms with Gasteiger partial charge in [0.2, 0.25) is 0 Å². The van der Waals surface area contributed by atoms with Crippen molar-refractivity contribution < 1.29 is 14.6 Å². The number of amides is 1. The summed E-state index contributed by atoms with van der Waals surface area (Å²) in [5, 5.41) is 9.44. The van der Waals surface area contributed by atoms with Gasteiger partial charge in [-0.2, -0.15) is 0 Å². The van der Waals surface area contributed by atoms with E-state index in [1.54, 1.807) is 12.1 Å². The quantitative estimate of drug-likeness (QED) is 0.814. The van der Waals surface area contributed by atoms with Crippen LogP contribution in [0.3, 0.4) is 0 Å². The molecule has 2 aliphatic rings. The van der Waals surface area contributed by atoms with Crippen molar-refractivity contribution in [3.05, 3.63) is 58.7 Å². The Labute approximate surface area is 172 Å². The molecule has 6 heteroatoms. The van der Waals surface area contributed by atoms with Gasteiger partial charge < -0.3 is 19.6 Å². The number of piperazine rings is 1. The molecule has 0 spiro atoms. The van der Waals surface area contributed by atoms with Gasteiger partial charge in [0, 0.05) is 51.4 Å². The van der Waals surface area contributed by atoms with Gasteiger partial charge in [-0.05, 0) is 54.9 Å². The molecule has 0 bridgehead atoms. The van der Waals surface area contributed by atoms with Gasteiger partial charge in [0.1, 0.15) is 18.1 Å². The Morgan fingerprint density at radius 1 is 1.07 bits per heavy atom. The SMILES string of the molecule is Cc1cc(OCCN2CCN(C)CC2)cc2c1C(=O)N(Cc1ccc(O)cc1)C2. The number of benzene rings is 2. The summed E-state index contributed by atoms with van der Waals surface area (Å²) in [6.45, 7) is 9.08. The highest BCUT2D eigenvalue weighted by molar-refractivity contribution is 6.00. The number of carbonyl (C=O) groups is 1. The van der Waals surface area contributed by atoms with Crippen LogP contribution in [0, 0.1) is 6.92 Å². The van der Waals surface area contributed by atoms with Crippen LogP contribution in [-0.2, 0) is 13.1 Å². The van der Waals surface area contributed by atoms with Gasteiger partial charge in [-0.3, -0.25) is 9.69 Å². The van der Waals surface area contributed by atoms with E-state index in [0.29, 0.717) is 19.7 Å². The highest BCUT2D eigenvalue weighted by Gasteiger charge is 2.29. The minimum absolute atomic E-state index is 0.0644. The van der Waals surface area contributed by atoms with E-state index in [-0.39, 0.29) is 11.7 Å². The van der Waals surface area contributed by atoms with Crippen LogP contribution in [-0.4, -0.2) is 72.1 Å². The third-order valence-electron chi connectivity index (χ3n) is 5.83. The molecule has 1 saturated heterocycles. The van der Waals surface area contributed by atoms with Crippen LogP contribution in [0.15, 0.2) is 36.4 Å². The Morgan fingerprint density at radius 3 is 2.52 bits per heavy atom. The summed E-state index contributed by atoms with van der Waals surface area (Å²) in [4.78, 5) is 19.5. The number of phenolic OH excluding ortho intramolecular Hbond substituents is 1. The summed E-state index contributed by atoms with van der Waals surface area (Å²) in [6.07, 6.45) is 0. The van der Waals surface area contributed by atoms with Crippen molar-refractivity contribution in [3.63, 3.8) is 0 Å². The molecule has 0 radical (unpaired) electrons. The highest BCUT2D eigenvalue weighted by atomic mass is 16.5. The Balaban J connectivity index is 1.37. The molecule has 154 valence electrons. The number of hydrogen-bond acceptors (Lipinski definition) is 5. The van der Waals surface area contributed by atoms with E-state index in [4.69, 9.17) is 4.74 Å². The summed E-state index contributed by atoms with van der Waals surface area (Å²) >= 11 is 0. The van der Waals surface area contributed by atoms with E-state index in [1.165, 1.54) is 0 Å². The molecule has 0 unspecified atom stereocenters. The standard InChI is InChI=1S/C23H29N3O3/c1-17-13-21(29-12-11-25-9-7-24(2)8-10-25)14-19-16-26(23(28)22(17)19)15-18-3-5-20(27)6-4-18/h3-6,13-14,27H,7-12,15-16H2,1-2H3. The van der Waals surface area contributed by atoms with Crippen LogP contribution in [0.2, 0.25) is 0 Å². The summed E-state index contributed by atoms with van der Waals surface area (Å²) < 4.78 is 6.03. The van der Waals surface area contributed by atoms with Crippen molar-refractivity contribution in [2.45, 2.75) is 20.0 Å². The van der Waals surface area contributed by atoms with E-state index in [0.717, 1.165) is 60.7 Å².